The van der Waals surface area contributed by atoms with Gasteiger partial charge in [-0.15, -0.1) is 0 Å². The minimum atomic E-state index is 0.382. The van der Waals surface area contributed by atoms with E-state index in [-0.39, 0.29) is 0 Å². The highest BCUT2D eigenvalue weighted by Crippen LogP contribution is 2.41. The molecular formula is C11H18O. The Hall–Kier alpha value is -0.330. The molecule has 0 heterocycles. The summed E-state index contributed by atoms with van der Waals surface area (Å²) in [4.78, 5) is 11.3. The molecule has 0 bridgehead atoms. The fourth-order valence-corrected chi connectivity index (χ4v) is 3.05. The van der Waals surface area contributed by atoms with Gasteiger partial charge >= 0.3 is 0 Å². The number of carbonyl (C=O) groups is 1. The quantitative estimate of drug-likeness (QED) is 0.585. The molecule has 1 nitrogen and oxygen atoms in total. The van der Waals surface area contributed by atoms with Gasteiger partial charge in [0.15, 0.2) is 0 Å². The number of hydrogen-bond donors (Lipinski definition) is 0. The second-order valence-corrected chi connectivity index (χ2v) is 4.50. The van der Waals surface area contributed by atoms with Crippen LogP contribution < -0.4 is 0 Å². The molecule has 0 saturated heterocycles. The predicted molar refractivity (Wildman–Crippen MR) is 48.9 cm³/mol. The first-order chi connectivity index (χ1) is 5.79. The van der Waals surface area contributed by atoms with Crippen LogP contribution in [0.15, 0.2) is 0 Å². The molecule has 2 unspecified atom stereocenters. The molecule has 2 rings (SSSR count). The van der Waals surface area contributed by atoms with Crippen molar-refractivity contribution in [1.29, 1.82) is 0 Å². The fourth-order valence-electron chi connectivity index (χ4n) is 3.05. The lowest BCUT2D eigenvalue weighted by Crippen LogP contribution is -2.17. The fraction of sp³-hybridized carbons (Fsp3) is 0.909. The van der Waals surface area contributed by atoms with Gasteiger partial charge in [0.1, 0.15) is 5.78 Å². The Morgan fingerprint density at radius 1 is 1.17 bits per heavy atom. The molecule has 68 valence electrons. The molecule has 2 saturated carbocycles. The number of carbonyl (C=O) groups excluding carboxylic acids is 1. The highest BCUT2D eigenvalue weighted by molar-refractivity contribution is 5.83. The van der Waals surface area contributed by atoms with Crippen molar-refractivity contribution in [1.82, 2.24) is 0 Å². The molecule has 2 aliphatic carbocycles. The van der Waals surface area contributed by atoms with Crippen molar-refractivity contribution in [2.45, 2.75) is 45.4 Å². The van der Waals surface area contributed by atoms with E-state index in [0.29, 0.717) is 11.7 Å². The van der Waals surface area contributed by atoms with E-state index in [0.717, 1.165) is 18.3 Å². The Balaban J connectivity index is 1.99. The molecule has 0 N–H and O–H groups in total. The summed E-state index contributed by atoms with van der Waals surface area (Å²) in [7, 11) is 0. The maximum absolute atomic E-state index is 11.3. The van der Waals surface area contributed by atoms with Crippen molar-refractivity contribution in [3.05, 3.63) is 0 Å². The van der Waals surface area contributed by atoms with Gasteiger partial charge in [-0.25, -0.2) is 0 Å². The Kier molecular flexibility index (Phi) is 2.20. The average Bonchev–Trinajstić information content (AvgIpc) is 2.64. The van der Waals surface area contributed by atoms with Gasteiger partial charge < -0.3 is 0 Å². The normalized spacial score (nSPS) is 37.9. The third kappa shape index (κ3) is 1.30. The lowest BCUT2D eigenvalue weighted by Gasteiger charge is -2.20. The van der Waals surface area contributed by atoms with Gasteiger partial charge in [-0.1, -0.05) is 32.6 Å². The van der Waals surface area contributed by atoms with Crippen molar-refractivity contribution < 1.29 is 4.79 Å². The lowest BCUT2D eigenvalue weighted by atomic mass is 9.84. The summed E-state index contributed by atoms with van der Waals surface area (Å²) in [6.45, 7) is 2.14. The van der Waals surface area contributed by atoms with Gasteiger partial charge in [0.25, 0.3) is 0 Å². The second-order valence-electron chi connectivity index (χ2n) is 4.50. The summed E-state index contributed by atoms with van der Waals surface area (Å²) < 4.78 is 0. The van der Waals surface area contributed by atoms with Crippen LogP contribution in [0.25, 0.3) is 0 Å². The highest BCUT2D eigenvalue weighted by Gasteiger charge is 2.36. The number of rotatable bonds is 1. The summed E-state index contributed by atoms with van der Waals surface area (Å²) in [6.07, 6.45) is 7.64. The first kappa shape index (κ1) is 8.28. The Morgan fingerprint density at radius 3 is 2.33 bits per heavy atom. The van der Waals surface area contributed by atoms with E-state index in [1.54, 1.807) is 0 Å². The van der Waals surface area contributed by atoms with Gasteiger partial charge in [0.2, 0.25) is 0 Å². The summed E-state index contributed by atoms with van der Waals surface area (Å²) >= 11 is 0. The molecule has 2 aliphatic rings. The molecule has 2 atom stereocenters. The SMILES string of the molecule is CC1C(=O)CCC1C1CCCC1. The van der Waals surface area contributed by atoms with E-state index in [9.17, 15) is 4.79 Å². The van der Waals surface area contributed by atoms with E-state index >= 15 is 0 Å². The zero-order valence-electron chi connectivity index (χ0n) is 7.88. The van der Waals surface area contributed by atoms with Crippen LogP contribution in [0.3, 0.4) is 0 Å². The molecular weight excluding hydrogens is 148 g/mol. The predicted octanol–water partition coefficient (Wildman–Crippen LogP) is 2.79. The molecule has 0 aromatic heterocycles. The van der Waals surface area contributed by atoms with Crippen LogP contribution in [-0.2, 0) is 4.79 Å². The molecule has 1 heteroatoms. The maximum Gasteiger partial charge on any atom is 0.135 e. The monoisotopic (exact) mass is 166 g/mol. The Morgan fingerprint density at radius 2 is 1.83 bits per heavy atom. The topological polar surface area (TPSA) is 17.1 Å². The van der Waals surface area contributed by atoms with Crippen molar-refractivity contribution >= 4 is 5.78 Å². The molecule has 0 aromatic carbocycles. The zero-order valence-corrected chi connectivity index (χ0v) is 7.88. The molecule has 0 spiro atoms. The van der Waals surface area contributed by atoms with Crippen LogP contribution in [0.4, 0.5) is 0 Å². The van der Waals surface area contributed by atoms with Crippen LogP contribution in [0.5, 0.6) is 0 Å². The number of hydrogen-bond acceptors (Lipinski definition) is 1. The molecule has 0 radical (unpaired) electrons. The summed E-state index contributed by atoms with van der Waals surface area (Å²) in [5.74, 6) is 2.55. The van der Waals surface area contributed by atoms with Gasteiger partial charge in [0.05, 0.1) is 0 Å². The minimum absolute atomic E-state index is 0.382. The summed E-state index contributed by atoms with van der Waals surface area (Å²) in [5.41, 5.74) is 0. The molecule has 0 aliphatic heterocycles. The van der Waals surface area contributed by atoms with E-state index in [1.807, 2.05) is 0 Å². The Bertz CT molecular complexity index is 179. The third-order valence-electron chi connectivity index (χ3n) is 3.88. The lowest BCUT2D eigenvalue weighted by molar-refractivity contribution is -0.121. The molecule has 0 amide bonds. The summed E-state index contributed by atoms with van der Waals surface area (Å²) in [6, 6.07) is 0. The van der Waals surface area contributed by atoms with Crippen LogP contribution in [0.1, 0.15) is 45.4 Å². The first-order valence-electron chi connectivity index (χ1n) is 5.32. The van der Waals surface area contributed by atoms with Gasteiger partial charge in [-0.2, -0.15) is 0 Å². The standard InChI is InChI=1S/C11H18O/c1-8-10(6-7-11(8)12)9-4-2-3-5-9/h8-10H,2-7H2,1H3. The second kappa shape index (κ2) is 3.20. The van der Waals surface area contributed by atoms with Crippen molar-refractivity contribution in [3.8, 4) is 0 Å². The molecule has 12 heavy (non-hydrogen) atoms. The van der Waals surface area contributed by atoms with Crippen LogP contribution >= 0.6 is 0 Å². The molecule has 0 aromatic rings. The van der Waals surface area contributed by atoms with E-state index < -0.39 is 0 Å². The van der Waals surface area contributed by atoms with Crippen LogP contribution in [0.2, 0.25) is 0 Å². The van der Waals surface area contributed by atoms with Crippen molar-refractivity contribution in [3.63, 3.8) is 0 Å². The highest BCUT2D eigenvalue weighted by atomic mass is 16.1. The Labute approximate surface area is 74.5 Å². The third-order valence-corrected chi connectivity index (χ3v) is 3.88. The van der Waals surface area contributed by atoms with E-state index in [4.69, 9.17) is 0 Å². The van der Waals surface area contributed by atoms with E-state index in [1.165, 1.54) is 32.1 Å². The summed E-state index contributed by atoms with van der Waals surface area (Å²) in [5, 5.41) is 0. The van der Waals surface area contributed by atoms with Gasteiger partial charge in [-0.05, 0) is 18.3 Å². The van der Waals surface area contributed by atoms with Gasteiger partial charge in [-0.3, -0.25) is 4.79 Å². The van der Waals surface area contributed by atoms with Gasteiger partial charge in [0, 0.05) is 12.3 Å². The largest absolute Gasteiger partial charge is 0.299 e. The number of Topliss-reactive ketones (excluding diaryl/α,β-unsaturated/α-hetero) is 1. The van der Waals surface area contributed by atoms with Crippen molar-refractivity contribution in [2.24, 2.45) is 17.8 Å². The number of ketones is 1. The minimum Gasteiger partial charge on any atom is -0.299 e. The zero-order chi connectivity index (χ0) is 8.55. The molecule has 2 fully saturated rings. The van der Waals surface area contributed by atoms with E-state index in [2.05, 4.69) is 6.92 Å². The smallest absolute Gasteiger partial charge is 0.135 e. The van der Waals surface area contributed by atoms with Crippen molar-refractivity contribution in [2.75, 3.05) is 0 Å². The first-order valence-corrected chi connectivity index (χ1v) is 5.32. The maximum atomic E-state index is 11.3. The van der Waals surface area contributed by atoms with Crippen LogP contribution in [0, 0.1) is 17.8 Å². The van der Waals surface area contributed by atoms with Crippen LogP contribution in [-0.4, -0.2) is 5.78 Å². The average molecular weight is 166 g/mol.